The monoisotopic (exact) mass is 177 g/mol. The lowest BCUT2D eigenvalue weighted by Gasteiger charge is -2.05. The maximum absolute atomic E-state index is 9.43. The molecule has 0 heterocycles. The SMILES string of the molecule is [C-]#[N+]CC(O)c1ccc(OC)cc1. The molecule has 0 saturated heterocycles. The van der Waals surface area contributed by atoms with Crippen LogP contribution in [0.5, 0.6) is 5.75 Å². The highest BCUT2D eigenvalue weighted by atomic mass is 16.5. The normalized spacial score (nSPS) is 11.8. The largest absolute Gasteiger partial charge is 0.497 e. The standard InChI is InChI=1S/C10H11NO2/c1-11-7-10(12)8-3-5-9(13-2)6-4-8/h3-6,10,12H,7H2,2H3. The van der Waals surface area contributed by atoms with E-state index in [-0.39, 0.29) is 6.54 Å². The third-order valence-electron chi connectivity index (χ3n) is 1.76. The molecule has 0 fully saturated rings. The van der Waals surface area contributed by atoms with E-state index in [0.717, 1.165) is 11.3 Å². The van der Waals surface area contributed by atoms with Gasteiger partial charge in [-0.25, -0.2) is 6.57 Å². The highest BCUT2D eigenvalue weighted by Crippen LogP contribution is 2.17. The summed E-state index contributed by atoms with van der Waals surface area (Å²) in [7, 11) is 1.59. The van der Waals surface area contributed by atoms with Crippen molar-refractivity contribution in [3.63, 3.8) is 0 Å². The van der Waals surface area contributed by atoms with Crippen molar-refractivity contribution in [1.29, 1.82) is 0 Å². The zero-order chi connectivity index (χ0) is 9.68. The molecule has 3 nitrogen and oxygen atoms in total. The van der Waals surface area contributed by atoms with E-state index >= 15 is 0 Å². The van der Waals surface area contributed by atoms with Gasteiger partial charge in [0.05, 0.1) is 7.11 Å². The fraction of sp³-hybridized carbons (Fsp3) is 0.300. The van der Waals surface area contributed by atoms with Crippen LogP contribution in [0.15, 0.2) is 24.3 Å². The van der Waals surface area contributed by atoms with Gasteiger partial charge in [0.25, 0.3) is 0 Å². The quantitative estimate of drug-likeness (QED) is 0.712. The summed E-state index contributed by atoms with van der Waals surface area (Å²) in [5.41, 5.74) is 0.747. The molecule has 0 saturated carbocycles. The van der Waals surface area contributed by atoms with Crippen LogP contribution in [0, 0.1) is 6.57 Å². The first-order chi connectivity index (χ1) is 6.27. The Bertz CT molecular complexity index is 300. The van der Waals surface area contributed by atoms with Gasteiger partial charge in [-0.1, -0.05) is 12.1 Å². The molecular formula is C10H11NO2. The van der Waals surface area contributed by atoms with Crippen LogP contribution in [0.2, 0.25) is 0 Å². The molecule has 0 radical (unpaired) electrons. The predicted octanol–water partition coefficient (Wildman–Crippen LogP) is 1.65. The van der Waals surface area contributed by atoms with Crippen LogP contribution < -0.4 is 4.74 Å². The molecule has 0 aromatic heterocycles. The number of methoxy groups -OCH3 is 1. The predicted molar refractivity (Wildman–Crippen MR) is 49.4 cm³/mol. The van der Waals surface area contributed by atoms with Crippen LogP contribution in [0.25, 0.3) is 4.85 Å². The summed E-state index contributed by atoms with van der Waals surface area (Å²) in [5.74, 6) is 0.749. The maximum atomic E-state index is 9.43. The highest BCUT2D eigenvalue weighted by Gasteiger charge is 2.09. The van der Waals surface area contributed by atoms with Crippen LogP contribution >= 0.6 is 0 Å². The van der Waals surface area contributed by atoms with Gasteiger partial charge in [0.15, 0.2) is 6.10 Å². The third-order valence-corrected chi connectivity index (χ3v) is 1.76. The van der Waals surface area contributed by atoms with Crippen LogP contribution in [0.3, 0.4) is 0 Å². The first kappa shape index (κ1) is 9.56. The maximum Gasteiger partial charge on any atom is 0.244 e. The molecule has 3 heteroatoms. The molecule has 0 aliphatic heterocycles. The second-order valence-corrected chi connectivity index (χ2v) is 2.63. The third kappa shape index (κ3) is 2.46. The summed E-state index contributed by atoms with van der Waals surface area (Å²) >= 11 is 0. The van der Waals surface area contributed by atoms with Gasteiger partial charge in [-0.3, -0.25) is 0 Å². The number of aliphatic hydroxyl groups is 1. The zero-order valence-corrected chi connectivity index (χ0v) is 7.40. The summed E-state index contributed by atoms with van der Waals surface area (Å²) in [6.07, 6.45) is -0.691. The molecule has 68 valence electrons. The van der Waals surface area contributed by atoms with Crippen LogP contribution in [0.4, 0.5) is 0 Å². The fourth-order valence-electron chi connectivity index (χ4n) is 1.02. The summed E-state index contributed by atoms with van der Waals surface area (Å²) in [6, 6.07) is 7.05. The van der Waals surface area contributed by atoms with Gasteiger partial charge in [-0.05, 0) is 17.7 Å². The highest BCUT2D eigenvalue weighted by molar-refractivity contribution is 5.28. The van der Waals surface area contributed by atoms with Crippen molar-refractivity contribution in [2.75, 3.05) is 13.7 Å². The first-order valence-corrected chi connectivity index (χ1v) is 3.93. The lowest BCUT2D eigenvalue weighted by molar-refractivity contribution is 0.195. The number of hydrogen-bond acceptors (Lipinski definition) is 2. The average Bonchev–Trinajstić information content (AvgIpc) is 2.18. The van der Waals surface area contributed by atoms with Gasteiger partial charge in [0.2, 0.25) is 6.54 Å². The average molecular weight is 177 g/mol. The summed E-state index contributed by atoms with van der Waals surface area (Å²) < 4.78 is 4.97. The molecule has 0 spiro atoms. The Hall–Kier alpha value is -1.53. The number of ether oxygens (including phenoxy) is 1. The number of hydrogen-bond donors (Lipinski definition) is 1. The van der Waals surface area contributed by atoms with Crippen LogP contribution in [0.1, 0.15) is 11.7 Å². The molecule has 1 rings (SSSR count). The number of benzene rings is 1. The molecule has 0 aliphatic carbocycles. The Morgan fingerprint density at radius 1 is 1.46 bits per heavy atom. The molecule has 1 aromatic rings. The summed E-state index contributed by atoms with van der Waals surface area (Å²) in [4.78, 5) is 3.12. The molecule has 1 aromatic carbocycles. The molecule has 1 N–H and O–H groups in total. The van der Waals surface area contributed by atoms with Gasteiger partial charge in [0, 0.05) is 0 Å². The minimum absolute atomic E-state index is 0.104. The van der Waals surface area contributed by atoms with E-state index in [2.05, 4.69) is 4.85 Å². The Balaban J connectivity index is 2.74. The van der Waals surface area contributed by atoms with Gasteiger partial charge in [0.1, 0.15) is 5.75 Å². The molecule has 1 atom stereocenters. The van der Waals surface area contributed by atoms with Crippen molar-refractivity contribution in [2.24, 2.45) is 0 Å². The smallest absolute Gasteiger partial charge is 0.244 e. The van der Waals surface area contributed by atoms with E-state index in [1.54, 1.807) is 31.4 Å². The molecule has 13 heavy (non-hydrogen) atoms. The van der Waals surface area contributed by atoms with Crippen molar-refractivity contribution < 1.29 is 9.84 Å². The van der Waals surface area contributed by atoms with Crippen molar-refractivity contribution in [1.82, 2.24) is 0 Å². The topological polar surface area (TPSA) is 33.8 Å². The van der Waals surface area contributed by atoms with E-state index in [1.165, 1.54) is 0 Å². The Kier molecular flexibility index (Phi) is 3.30. The molecule has 0 amide bonds. The van der Waals surface area contributed by atoms with E-state index in [1.807, 2.05) is 0 Å². The molecular weight excluding hydrogens is 166 g/mol. The first-order valence-electron chi connectivity index (χ1n) is 3.93. The van der Waals surface area contributed by atoms with Crippen molar-refractivity contribution in [2.45, 2.75) is 6.10 Å². The minimum atomic E-state index is -0.691. The Morgan fingerprint density at radius 3 is 2.54 bits per heavy atom. The van der Waals surface area contributed by atoms with Crippen molar-refractivity contribution in [3.8, 4) is 5.75 Å². The number of nitrogens with zero attached hydrogens (tertiary/aromatic N) is 1. The fourth-order valence-corrected chi connectivity index (χ4v) is 1.02. The Labute approximate surface area is 77.4 Å². The van der Waals surface area contributed by atoms with Crippen LogP contribution in [-0.2, 0) is 0 Å². The van der Waals surface area contributed by atoms with Gasteiger partial charge < -0.3 is 14.7 Å². The summed E-state index contributed by atoms with van der Waals surface area (Å²) in [6.45, 7) is 6.70. The number of aliphatic hydroxyl groups excluding tert-OH is 1. The van der Waals surface area contributed by atoms with Crippen molar-refractivity contribution >= 4 is 0 Å². The second-order valence-electron chi connectivity index (χ2n) is 2.63. The molecule has 0 bridgehead atoms. The van der Waals surface area contributed by atoms with Gasteiger partial charge >= 0.3 is 0 Å². The molecule has 1 unspecified atom stereocenters. The van der Waals surface area contributed by atoms with Gasteiger partial charge in [-0.2, -0.15) is 0 Å². The van der Waals surface area contributed by atoms with E-state index in [0.29, 0.717) is 0 Å². The minimum Gasteiger partial charge on any atom is -0.497 e. The van der Waals surface area contributed by atoms with E-state index < -0.39 is 6.10 Å². The van der Waals surface area contributed by atoms with E-state index in [4.69, 9.17) is 11.3 Å². The zero-order valence-electron chi connectivity index (χ0n) is 7.40. The lowest BCUT2D eigenvalue weighted by atomic mass is 10.1. The van der Waals surface area contributed by atoms with Crippen LogP contribution in [-0.4, -0.2) is 18.8 Å². The van der Waals surface area contributed by atoms with Crippen molar-refractivity contribution in [3.05, 3.63) is 41.2 Å². The Morgan fingerprint density at radius 2 is 2.08 bits per heavy atom. The van der Waals surface area contributed by atoms with Gasteiger partial charge in [-0.15, -0.1) is 0 Å². The second kappa shape index (κ2) is 4.48. The molecule has 0 aliphatic rings. The number of rotatable bonds is 3. The lowest BCUT2D eigenvalue weighted by Crippen LogP contribution is -1.99. The van der Waals surface area contributed by atoms with E-state index in [9.17, 15) is 5.11 Å². The summed E-state index contributed by atoms with van der Waals surface area (Å²) in [5, 5.41) is 9.43.